The lowest BCUT2D eigenvalue weighted by molar-refractivity contribution is -0.156. The Labute approximate surface area is 486 Å². The third kappa shape index (κ3) is 11.0. The second kappa shape index (κ2) is 22.9. The normalized spacial score (nSPS) is 31.7. The fraction of sp³-hybridized carbons (Fsp3) is 0.734. The number of likely N-dealkylation sites (N-methyl/N-ethyl adjacent to an activating group) is 1. The predicted octanol–water partition coefficient (Wildman–Crippen LogP) is 6.03. The zero-order valence-corrected chi connectivity index (χ0v) is 50.0. The van der Waals surface area contributed by atoms with Gasteiger partial charge in [-0.25, -0.2) is 5.43 Å². The van der Waals surface area contributed by atoms with E-state index in [1.165, 1.54) is 29.5 Å². The molecule has 7 saturated heterocycles. The minimum Gasteiger partial charge on any atom is -0.464 e. The highest BCUT2D eigenvalue weighted by Crippen LogP contribution is 2.50. The molecule has 1 unspecified atom stereocenters. The number of esters is 1. The van der Waals surface area contributed by atoms with Crippen molar-refractivity contribution in [3.63, 3.8) is 0 Å². The van der Waals surface area contributed by atoms with Gasteiger partial charge in [-0.2, -0.15) is 0 Å². The summed E-state index contributed by atoms with van der Waals surface area (Å²) in [6.45, 7) is 25.7. The smallest absolute Gasteiger partial charge is 0.324 e. The van der Waals surface area contributed by atoms with E-state index in [9.17, 15) is 9.59 Å². The highest BCUT2D eigenvalue weighted by molar-refractivity contribution is 5.95. The lowest BCUT2D eigenvalue weighted by Crippen LogP contribution is -2.62. The first-order valence-corrected chi connectivity index (χ1v) is 32.1. The summed E-state index contributed by atoms with van der Waals surface area (Å²) in [6, 6.07) is 8.09. The van der Waals surface area contributed by atoms with Crippen molar-refractivity contribution in [2.75, 3.05) is 115 Å². The quantitative estimate of drug-likeness (QED) is 0.169. The van der Waals surface area contributed by atoms with Gasteiger partial charge in [0, 0.05) is 117 Å². The Kier molecular flexibility index (Phi) is 15.7. The Morgan fingerprint density at radius 1 is 0.866 bits per heavy atom. The van der Waals surface area contributed by atoms with Crippen LogP contribution in [0.4, 0.5) is 11.4 Å². The van der Waals surface area contributed by atoms with Crippen LogP contribution in [0.3, 0.4) is 0 Å². The van der Waals surface area contributed by atoms with Gasteiger partial charge in [-0.3, -0.25) is 43.9 Å². The van der Waals surface area contributed by atoms with Crippen molar-refractivity contribution in [1.82, 2.24) is 44.9 Å². The van der Waals surface area contributed by atoms with Crippen molar-refractivity contribution in [3.8, 4) is 11.3 Å². The molecule has 2 N–H and O–H groups in total. The average molecular weight is 1130 g/mol. The van der Waals surface area contributed by atoms with Gasteiger partial charge in [0.25, 0.3) is 5.91 Å². The highest BCUT2D eigenvalue weighted by Gasteiger charge is 2.60. The number of piperazine rings is 1. The van der Waals surface area contributed by atoms with E-state index in [4.69, 9.17) is 19.2 Å². The number of hydrogen-bond acceptors (Lipinski definition) is 14. The zero-order valence-electron chi connectivity index (χ0n) is 50.0. The molecule has 13 rings (SSSR count). The Morgan fingerprint density at radius 2 is 1.68 bits per heavy atom. The molecule has 1 spiro atoms. The number of anilines is 2. The van der Waals surface area contributed by atoms with Crippen molar-refractivity contribution in [2.24, 2.45) is 22.7 Å². The molecule has 8 aliphatic heterocycles. The van der Waals surface area contributed by atoms with Crippen LogP contribution in [0.2, 0.25) is 0 Å². The number of aryl methyl sites for hydroxylation is 1. The Hall–Kier alpha value is -4.85. The molecule has 18 heteroatoms. The molecule has 6 bridgehead atoms. The number of likely N-dealkylation sites (tertiary alicyclic amines) is 2. The van der Waals surface area contributed by atoms with Crippen molar-refractivity contribution in [2.45, 2.75) is 173 Å². The molecule has 0 radical (unpaired) electrons. The van der Waals surface area contributed by atoms with Crippen molar-refractivity contribution in [1.29, 1.82) is 0 Å². The minimum atomic E-state index is -0.897. The number of nitrogens with one attached hydrogen (secondary N) is 2. The second-order valence-corrected chi connectivity index (χ2v) is 27.6. The summed E-state index contributed by atoms with van der Waals surface area (Å²) < 4.78 is 21.4. The van der Waals surface area contributed by atoms with Gasteiger partial charge < -0.3 is 38.8 Å². The van der Waals surface area contributed by atoms with Gasteiger partial charge in [-0.15, -0.1) is 0 Å². The highest BCUT2D eigenvalue weighted by atomic mass is 16.5. The minimum absolute atomic E-state index is 0.0374. The maximum Gasteiger partial charge on any atom is 0.324 e. The maximum atomic E-state index is 15.4. The molecule has 82 heavy (non-hydrogen) atoms. The SMILES string of the molecule is CCN1[C@H](C2CC2)[C@@H]1C(=O)N1CC[C@]2(CCN([C@H](C(=O)N[C@H]3C[C@H]4CN(CCO4)c4ccc5c(c4)c(c(-c4cc(N6CCN7CCOC[C@@H]7C6)cnc4C(C)C)n5CC)CC(C)(C)COC(=O)[C@@H]4CCCN(N4)C3=O)C3CCCC3)C2)C1. The van der Waals surface area contributed by atoms with Crippen molar-refractivity contribution in [3.05, 3.63) is 41.7 Å². The van der Waals surface area contributed by atoms with E-state index in [2.05, 4.69) is 117 Å². The number of cyclic esters (lactones) is 1. The summed E-state index contributed by atoms with van der Waals surface area (Å²) >= 11 is 0. The van der Waals surface area contributed by atoms with E-state index in [0.717, 1.165) is 145 Å². The number of amides is 3. The number of rotatable bonds is 11. The van der Waals surface area contributed by atoms with Gasteiger partial charge in [-0.1, -0.05) is 47.5 Å². The summed E-state index contributed by atoms with van der Waals surface area (Å²) in [7, 11) is 0. The number of morpholine rings is 2. The molecular formula is C64H93N11O7. The number of carbonyl (C=O) groups is 4. The second-order valence-electron chi connectivity index (χ2n) is 27.6. The zero-order chi connectivity index (χ0) is 56.6. The van der Waals surface area contributed by atoms with Crippen LogP contribution in [-0.4, -0.2) is 205 Å². The maximum absolute atomic E-state index is 15.4. The van der Waals surface area contributed by atoms with Gasteiger partial charge in [0.2, 0.25) is 11.8 Å². The average Bonchev–Trinajstić information content (AvgIpc) is 3.45. The number of aromatic nitrogens is 2. The van der Waals surface area contributed by atoms with Gasteiger partial charge in [0.05, 0.1) is 67.9 Å². The van der Waals surface area contributed by atoms with Crippen LogP contribution in [0, 0.1) is 22.7 Å². The van der Waals surface area contributed by atoms with Crippen LogP contribution in [-0.2, 0) is 46.4 Å². The van der Waals surface area contributed by atoms with Gasteiger partial charge in [0.15, 0.2) is 0 Å². The molecule has 446 valence electrons. The molecule has 10 aliphatic rings. The van der Waals surface area contributed by atoms with E-state index in [-0.39, 0.29) is 66.2 Å². The summed E-state index contributed by atoms with van der Waals surface area (Å²) in [5.74, 6) is 0.609. The Morgan fingerprint density at radius 3 is 2.48 bits per heavy atom. The van der Waals surface area contributed by atoms with Gasteiger partial charge in [0.1, 0.15) is 18.1 Å². The van der Waals surface area contributed by atoms with E-state index >= 15 is 9.59 Å². The number of benzene rings is 1. The topological polar surface area (TPSA) is 160 Å². The first-order valence-electron chi connectivity index (χ1n) is 32.1. The Bertz CT molecular complexity index is 2880. The molecule has 3 aromatic rings. The lowest BCUT2D eigenvalue weighted by atomic mass is 9.84. The van der Waals surface area contributed by atoms with Crippen LogP contribution in [0.25, 0.3) is 22.2 Å². The third-order valence-electron chi connectivity index (χ3n) is 21.0. The molecule has 3 amide bonds. The molecule has 10 heterocycles. The number of hydrazine groups is 1. The fourth-order valence-corrected chi connectivity index (χ4v) is 16.5. The first-order chi connectivity index (χ1) is 39.7. The number of hydrogen-bond donors (Lipinski definition) is 2. The Balaban J connectivity index is 0.801. The molecule has 1 aromatic carbocycles. The van der Waals surface area contributed by atoms with E-state index in [0.29, 0.717) is 69.4 Å². The number of ether oxygens (including phenoxy) is 3. The number of nitrogens with zero attached hydrogens (tertiary/aromatic N) is 9. The molecule has 9 fully saturated rings. The number of fused-ring (bicyclic) bond motifs is 7. The van der Waals surface area contributed by atoms with E-state index in [1.54, 1.807) is 5.01 Å². The molecule has 18 nitrogen and oxygen atoms in total. The number of pyridine rings is 1. The molecule has 2 aliphatic carbocycles. The summed E-state index contributed by atoms with van der Waals surface area (Å²) in [5, 5.41) is 6.17. The van der Waals surface area contributed by atoms with Crippen molar-refractivity contribution >= 4 is 46.0 Å². The third-order valence-corrected chi connectivity index (χ3v) is 21.0. The van der Waals surface area contributed by atoms with Gasteiger partial charge >= 0.3 is 5.97 Å². The van der Waals surface area contributed by atoms with Crippen LogP contribution in [0.5, 0.6) is 0 Å². The monoisotopic (exact) mass is 1130 g/mol. The molecule has 2 aromatic heterocycles. The van der Waals surface area contributed by atoms with Crippen LogP contribution in [0.1, 0.15) is 129 Å². The standard InChI is InChI=1S/C64H93N11O7/c1-7-73-53-18-17-44-30-48(53)50(57(73)49-31-45(34-65-54(49)41(3)4)69-25-24-68-26-28-80-37-46(68)35-69)33-63(5,6)40-82-62(79)51-14-11-21-75(67-51)60(77)52(32-47-36-70(44)27-29-81-47)66-59(76)56(42-12-9-10-13-42)71-22-19-64(38-71)20-23-72(39-64)61(78)58-55(43-15-16-43)74(58)8-2/h17-18,30-31,34,41-43,46-47,51-52,55-56,58,67H,7-16,19-29,32-33,35-40H2,1-6H3,(H,66,76)/t46-,47-,51-,52-,55+,56-,58+,64-,74?/m0/s1. The lowest BCUT2D eigenvalue weighted by Gasteiger charge is -2.44. The molecule has 2 saturated carbocycles. The van der Waals surface area contributed by atoms with Crippen LogP contribution in [0.15, 0.2) is 30.5 Å². The molecule has 9 atom stereocenters. The molecular weight excluding hydrogens is 1030 g/mol. The van der Waals surface area contributed by atoms with E-state index in [1.807, 2.05) is 0 Å². The summed E-state index contributed by atoms with van der Waals surface area (Å²) in [4.78, 5) is 78.8. The number of carbonyl (C=O) groups excluding carboxylic acids is 4. The van der Waals surface area contributed by atoms with Gasteiger partial charge in [-0.05, 0) is 125 Å². The van der Waals surface area contributed by atoms with Crippen LogP contribution < -0.4 is 20.5 Å². The predicted molar refractivity (Wildman–Crippen MR) is 316 cm³/mol. The first kappa shape index (κ1) is 56.3. The fourth-order valence-electron chi connectivity index (χ4n) is 16.5. The van der Waals surface area contributed by atoms with Crippen LogP contribution >= 0.6 is 0 Å². The van der Waals surface area contributed by atoms with E-state index < -0.39 is 17.5 Å². The summed E-state index contributed by atoms with van der Waals surface area (Å²) in [6.07, 6.45) is 12.3. The van der Waals surface area contributed by atoms with Crippen molar-refractivity contribution < 1.29 is 33.4 Å². The summed E-state index contributed by atoms with van der Waals surface area (Å²) in [5.41, 5.74) is 10.8. The largest absolute Gasteiger partial charge is 0.464 e.